The highest BCUT2D eigenvalue weighted by molar-refractivity contribution is 6.26. The fourth-order valence-electron chi connectivity index (χ4n) is 3.99. The Morgan fingerprint density at radius 1 is 1.14 bits per heavy atom. The standard InChI is InChI=1S/C20H22F3NO5/c1-28-7-2-8-29-10-14-13(5-6-15(24-14)20(21,22)23)19(27)16-17(25)11-3-4-12(9-11)18(16)26/h5-6,11-12,16H,2-4,7-10H2,1H3. The number of hydrogen-bond acceptors (Lipinski definition) is 6. The molecule has 0 saturated heterocycles. The van der Waals surface area contributed by atoms with Crippen molar-refractivity contribution >= 4 is 17.3 Å². The van der Waals surface area contributed by atoms with Crippen molar-refractivity contribution in [2.24, 2.45) is 17.8 Å². The van der Waals surface area contributed by atoms with E-state index in [2.05, 4.69) is 4.98 Å². The second-order valence-corrected chi connectivity index (χ2v) is 7.40. The summed E-state index contributed by atoms with van der Waals surface area (Å²) in [5, 5.41) is 0. The molecule has 1 aromatic rings. The summed E-state index contributed by atoms with van der Waals surface area (Å²) in [6.45, 7) is 0.275. The van der Waals surface area contributed by atoms with Crippen molar-refractivity contribution in [1.82, 2.24) is 4.98 Å². The molecule has 6 nitrogen and oxygen atoms in total. The summed E-state index contributed by atoms with van der Waals surface area (Å²) in [6, 6.07) is 1.68. The lowest BCUT2D eigenvalue weighted by molar-refractivity contribution is -0.141. The van der Waals surface area contributed by atoms with Gasteiger partial charge >= 0.3 is 6.18 Å². The minimum atomic E-state index is -4.69. The van der Waals surface area contributed by atoms with Gasteiger partial charge in [-0.2, -0.15) is 13.2 Å². The van der Waals surface area contributed by atoms with E-state index in [1.54, 1.807) is 0 Å². The first-order chi connectivity index (χ1) is 13.7. The molecule has 0 spiro atoms. The molecule has 0 radical (unpaired) electrons. The Morgan fingerprint density at radius 3 is 2.38 bits per heavy atom. The van der Waals surface area contributed by atoms with Gasteiger partial charge in [-0.3, -0.25) is 14.4 Å². The summed E-state index contributed by atoms with van der Waals surface area (Å²) in [6.07, 6.45) is -2.58. The third-order valence-electron chi connectivity index (χ3n) is 5.47. The number of rotatable bonds is 8. The van der Waals surface area contributed by atoms with Crippen LogP contribution in [0.15, 0.2) is 12.1 Å². The molecule has 2 fully saturated rings. The zero-order chi connectivity index (χ0) is 21.2. The van der Waals surface area contributed by atoms with E-state index in [9.17, 15) is 27.6 Å². The van der Waals surface area contributed by atoms with Crippen LogP contribution in [0.25, 0.3) is 0 Å². The molecule has 2 unspecified atom stereocenters. The number of Topliss-reactive ketones (excluding diaryl/α,β-unsaturated/α-hetero) is 3. The maximum atomic E-state index is 13.1. The normalized spacial score (nSPS) is 24.2. The first kappa shape index (κ1) is 21.6. The van der Waals surface area contributed by atoms with Crippen LogP contribution < -0.4 is 0 Å². The summed E-state index contributed by atoms with van der Waals surface area (Å²) < 4.78 is 49.4. The summed E-state index contributed by atoms with van der Waals surface area (Å²) in [5.41, 5.74) is -1.55. The van der Waals surface area contributed by atoms with Gasteiger partial charge in [0.05, 0.1) is 12.3 Å². The Bertz CT molecular complexity index is 786. The van der Waals surface area contributed by atoms with E-state index in [-0.39, 0.29) is 36.3 Å². The van der Waals surface area contributed by atoms with Crippen molar-refractivity contribution in [3.05, 3.63) is 29.1 Å². The van der Waals surface area contributed by atoms with Crippen LogP contribution in [0.5, 0.6) is 0 Å². The third kappa shape index (κ3) is 4.56. The van der Waals surface area contributed by atoms with Crippen LogP contribution in [0.4, 0.5) is 13.2 Å². The largest absolute Gasteiger partial charge is 0.433 e. The molecule has 1 heterocycles. The van der Waals surface area contributed by atoms with Crippen LogP contribution in [-0.2, 0) is 31.8 Å². The molecular weight excluding hydrogens is 391 g/mol. The van der Waals surface area contributed by atoms with Crippen LogP contribution in [0.2, 0.25) is 0 Å². The quantitative estimate of drug-likeness (QED) is 0.370. The maximum absolute atomic E-state index is 13.1. The highest BCUT2D eigenvalue weighted by Crippen LogP contribution is 2.41. The molecule has 0 amide bonds. The van der Waals surface area contributed by atoms with Crippen molar-refractivity contribution in [3.8, 4) is 0 Å². The summed E-state index contributed by atoms with van der Waals surface area (Å²) in [5.74, 6) is -3.76. The number of ketones is 3. The van der Waals surface area contributed by atoms with E-state index < -0.39 is 35.1 Å². The number of fused-ring (bicyclic) bond motifs is 2. The lowest BCUT2D eigenvalue weighted by Gasteiger charge is -2.25. The molecule has 3 rings (SSSR count). The van der Waals surface area contributed by atoms with E-state index in [1.807, 2.05) is 0 Å². The topological polar surface area (TPSA) is 82.6 Å². The summed E-state index contributed by atoms with van der Waals surface area (Å²) >= 11 is 0. The van der Waals surface area contributed by atoms with Gasteiger partial charge in [-0.25, -0.2) is 4.98 Å². The molecule has 0 aromatic carbocycles. The molecule has 0 N–H and O–H groups in total. The van der Waals surface area contributed by atoms with Gasteiger partial charge in [0.15, 0.2) is 17.3 Å². The highest BCUT2D eigenvalue weighted by atomic mass is 19.4. The summed E-state index contributed by atoms with van der Waals surface area (Å²) in [7, 11) is 1.51. The minimum Gasteiger partial charge on any atom is -0.385 e. The monoisotopic (exact) mass is 413 g/mol. The Balaban J connectivity index is 1.87. The average molecular weight is 413 g/mol. The number of halogens is 3. The maximum Gasteiger partial charge on any atom is 0.433 e. The number of methoxy groups -OCH3 is 1. The van der Waals surface area contributed by atoms with E-state index >= 15 is 0 Å². The molecule has 2 saturated carbocycles. The van der Waals surface area contributed by atoms with Gasteiger partial charge in [0.2, 0.25) is 0 Å². The van der Waals surface area contributed by atoms with Crippen LogP contribution in [-0.4, -0.2) is 42.7 Å². The molecule has 9 heteroatoms. The predicted molar refractivity (Wildman–Crippen MR) is 94.1 cm³/mol. The number of pyridine rings is 1. The van der Waals surface area contributed by atoms with Gasteiger partial charge in [0.1, 0.15) is 11.6 Å². The van der Waals surface area contributed by atoms with E-state index in [4.69, 9.17) is 9.47 Å². The Kier molecular flexibility index (Phi) is 6.48. The molecule has 2 aliphatic carbocycles. The third-order valence-corrected chi connectivity index (χ3v) is 5.47. The molecule has 29 heavy (non-hydrogen) atoms. The molecule has 158 valence electrons. The van der Waals surface area contributed by atoms with Gasteiger partial charge in [0.25, 0.3) is 0 Å². The lowest BCUT2D eigenvalue weighted by Crippen LogP contribution is -2.42. The van der Waals surface area contributed by atoms with Crippen LogP contribution in [0.1, 0.15) is 47.4 Å². The van der Waals surface area contributed by atoms with Crippen molar-refractivity contribution in [3.63, 3.8) is 0 Å². The fourth-order valence-corrected chi connectivity index (χ4v) is 3.99. The number of aromatic nitrogens is 1. The molecule has 2 aliphatic rings. The Labute approximate surface area is 165 Å². The number of carbonyl (C=O) groups excluding carboxylic acids is 3. The second-order valence-electron chi connectivity index (χ2n) is 7.40. The number of nitrogens with zero attached hydrogens (tertiary/aromatic N) is 1. The molecular formula is C20H22F3NO5. The smallest absolute Gasteiger partial charge is 0.385 e. The first-order valence-electron chi connectivity index (χ1n) is 9.49. The van der Waals surface area contributed by atoms with E-state index in [1.165, 1.54) is 7.11 Å². The van der Waals surface area contributed by atoms with Crippen LogP contribution >= 0.6 is 0 Å². The first-order valence-corrected chi connectivity index (χ1v) is 9.49. The van der Waals surface area contributed by atoms with E-state index in [0.29, 0.717) is 38.4 Å². The molecule has 1 aromatic heterocycles. The predicted octanol–water partition coefficient (Wildman–Crippen LogP) is 3.02. The fraction of sp³-hybridized carbons (Fsp3) is 0.600. The van der Waals surface area contributed by atoms with Crippen LogP contribution in [0, 0.1) is 17.8 Å². The van der Waals surface area contributed by atoms with Crippen molar-refractivity contribution in [2.75, 3.05) is 20.3 Å². The molecule has 2 bridgehead atoms. The Hall–Kier alpha value is -2.13. The minimum absolute atomic E-state index is 0.169. The van der Waals surface area contributed by atoms with Crippen LogP contribution in [0.3, 0.4) is 0 Å². The molecule has 0 aliphatic heterocycles. The zero-order valence-electron chi connectivity index (χ0n) is 16.0. The van der Waals surface area contributed by atoms with Crippen molar-refractivity contribution < 1.29 is 37.0 Å². The highest BCUT2D eigenvalue weighted by Gasteiger charge is 2.50. The van der Waals surface area contributed by atoms with Gasteiger partial charge in [-0.1, -0.05) is 0 Å². The number of hydrogen-bond donors (Lipinski definition) is 0. The van der Waals surface area contributed by atoms with Crippen molar-refractivity contribution in [2.45, 2.75) is 38.5 Å². The van der Waals surface area contributed by atoms with Gasteiger partial charge < -0.3 is 9.47 Å². The lowest BCUT2D eigenvalue weighted by atomic mass is 9.75. The summed E-state index contributed by atoms with van der Waals surface area (Å²) in [4.78, 5) is 41.8. The second kappa shape index (κ2) is 8.71. The van der Waals surface area contributed by atoms with Gasteiger partial charge in [-0.15, -0.1) is 0 Å². The molecule has 2 atom stereocenters. The number of ether oxygens (including phenoxy) is 2. The number of alkyl halides is 3. The Morgan fingerprint density at radius 2 is 1.79 bits per heavy atom. The average Bonchev–Trinajstić information content (AvgIpc) is 3.13. The van der Waals surface area contributed by atoms with Gasteiger partial charge in [-0.05, 0) is 37.8 Å². The van der Waals surface area contributed by atoms with Gasteiger partial charge in [0, 0.05) is 37.7 Å². The zero-order valence-corrected chi connectivity index (χ0v) is 16.0. The van der Waals surface area contributed by atoms with E-state index in [0.717, 1.165) is 6.07 Å². The van der Waals surface area contributed by atoms with Crippen molar-refractivity contribution in [1.29, 1.82) is 0 Å². The number of carbonyl (C=O) groups is 3. The SMILES string of the molecule is COCCCOCc1nc(C(F)(F)F)ccc1C(=O)C1C(=O)C2CCC(C2)C1=O.